The standard InChI is InChI=1S/C9H11N3O3/c13-8(3-4-9(14)15)10-6-7-2-1-5-11-12-7/h1-2,5H,3-4,6H2,(H,10,13)(H,14,15). The highest BCUT2D eigenvalue weighted by Crippen LogP contribution is 1.92. The Morgan fingerprint density at radius 1 is 1.40 bits per heavy atom. The van der Waals surface area contributed by atoms with Crippen LogP contribution in [0.2, 0.25) is 0 Å². The molecule has 2 N–H and O–H groups in total. The van der Waals surface area contributed by atoms with E-state index in [1.807, 2.05) is 0 Å². The van der Waals surface area contributed by atoms with E-state index < -0.39 is 5.97 Å². The SMILES string of the molecule is O=C(O)CCC(=O)NCc1cccnn1. The average Bonchev–Trinajstić information content (AvgIpc) is 2.25. The molecule has 0 fully saturated rings. The van der Waals surface area contributed by atoms with Crippen LogP contribution in [0.5, 0.6) is 0 Å². The minimum Gasteiger partial charge on any atom is -0.481 e. The Morgan fingerprint density at radius 3 is 2.80 bits per heavy atom. The Bertz CT molecular complexity index is 340. The quantitative estimate of drug-likeness (QED) is 0.709. The second-order valence-electron chi connectivity index (χ2n) is 2.89. The third kappa shape index (κ3) is 4.70. The lowest BCUT2D eigenvalue weighted by atomic mass is 10.3. The fourth-order valence-corrected chi connectivity index (χ4v) is 0.926. The molecule has 0 aliphatic heterocycles. The highest BCUT2D eigenvalue weighted by molar-refractivity contribution is 5.80. The van der Waals surface area contributed by atoms with E-state index in [9.17, 15) is 9.59 Å². The fraction of sp³-hybridized carbons (Fsp3) is 0.333. The number of hydrogen-bond donors (Lipinski definition) is 2. The maximum atomic E-state index is 11.1. The van der Waals surface area contributed by atoms with Gasteiger partial charge in [0.2, 0.25) is 5.91 Å². The topological polar surface area (TPSA) is 92.2 Å². The Labute approximate surface area is 86.3 Å². The second kappa shape index (κ2) is 5.69. The van der Waals surface area contributed by atoms with E-state index in [-0.39, 0.29) is 25.3 Å². The zero-order valence-electron chi connectivity index (χ0n) is 8.01. The minimum atomic E-state index is -0.982. The summed E-state index contributed by atoms with van der Waals surface area (Å²) >= 11 is 0. The lowest BCUT2D eigenvalue weighted by molar-refractivity contribution is -0.138. The van der Waals surface area contributed by atoms with E-state index in [2.05, 4.69) is 15.5 Å². The molecular formula is C9H11N3O3. The first-order valence-corrected chi connectivity index (χ1v) is 4.43. The van der Waals surface area contributed by atoms with Gasteiger partial charge in [-0.2, -0.15) is 10.2 Å². The van der Waals surface area contributed by atoms with Gasteiger partial charge < -0.3 is 10.4 Å². The molecule has 15 heavy (non-hydrogen) atoms. The number of aliphatic carboxylic acids is 1. The molecule has 80 valence electrons. The number of rotatable bonds is 5. The molecule has 0 unspecified atom stereocenters. The highest BCUT2D eigenvalue weighted by atomic mass is 16.4. The molecule has 1 aromatic heterocycles. The minimum absolute atomic E-state index is 0.0183. The van der Waals surface area contributed by atoms with Gasteiger partial charge in [0.05, 0.1) is 18.7 Å². The Balaban J connectivity index is 2.26. The first kappa shape index (κ1) is 11.1. The van der Waals surface area contributed by atoms with E-state index in [1.165, 1.54) is 6.20 Å². The van der Waals surface area contributed by atoms with Gasteiger partial charge in [0.25, 0.3) is 0 Å². The Morgan fingerprint density at radius 2 is 2.20 bits per heavy atom. The van der Waals surface area contributed by atoms with E-state index >= 15 is 0 Å². The number of carbonyl (C=O) groups excluding carboxylic acids is 1. The van der Waals surface area contributed by atoms with Gasteiger partial charge in [-0.15, -0.1) is 0 Å². The normalized spacial score (nSPS) is 9.60. The van der Waals surface area contributed by atoms with Crippen molar-refractivity contribution < 1.29 is 14.7 Å². The van der Waals surface area contributed by atoms with Gasteiger partial charge in [-0.3, -0.25) is 9.59 Å². The molecule has 0 saturated carbocycles. The number of nitrogens with one attached hydrogen (secondary N) is 1. The van der Waals surface area contributed by atoms with Crippen LogP contribution < -0.4 is 5.32 Å². The smallest absolute Gasteiger partial charge is 0.303 e. The molecule has 1 amide bonds. The molecule has 0 spiro atoms. The lowest BCUT2D eigenvalue weighted by Crippen LogP contribution is -2.23. The second-order valence-corrected chi connectivity index (χ2v) is 2.89. The summed E-state index contributed by atoms with van der Waals surface area (Å²) < 4.78 is 0. The molecule has 0 atom stereocenters. The molecule has 0 saturated heterocycles. The van der Waals surface area contributed by atoms with Crippen LogP contribution in [0, 0.1) is 0 Å². The number of carboxylic acids is 1. The van der Waals surface area contributed by atoms with Crippen molar-refractivity contribution in [2.75, 3.05) is 0 Å². The number of aromatic nitrogens is 2. The van der Waals surface area contributed by atoms with Crippen LogP contribution in [0.3, 0.4) is 0 Å². The predicted molar refractivity (Wildman–Crippen MR) is 50.7 cm³/mol. The summed E-state index contributed by atoms with van der Waals surface area (Å²) in [5.41, 5.74) is 0.640. The molecule has 1 rings (SSSR count). The number of carbonyl (C=O) groups is 2. The summed E-state index contributed by atoms with van der Waals surface area (Å²) in [6.45, 7) is 0.270. The molecule has 0 aromatic carbocycles. The van der Waals surface area contributed by atoms with Crippen LogP contribution in [0.1, 0.15) is 18.5 Å². The monoisotopic (exact) mass is 209 g/mol. The molecule has 6 nitrogen and oxygen atoms in total. The summed E-state index contributed by atoms with van der Waals surface area (Å²) in [5.74, 6) is -1.28. The van der Waals surface area contributed by atoms with Gasteiger partial charge in [0.1, 0.15) is 0 Å². The molecule has 0 aliphatic carbocycles. The molecule has 0 aliphatic rings. The number of nitrogens with zero attached hydrogens (tertiary/aromatic N) is 2. The van der Waals surface area contributed by atoms with Gasteiger partial charge in [-0.05, 0) is 12.1 Å². The molecule has 1 heterocycles. The van der Waals surface area contributed by atoms with Gasteiger partial charge >= 0.3 is 5.97 Å². The van der Waals surface area contributed by atoms with Crippen LogP contribution in [0.25, 0.3) is 0 Å². The highest BCUT2D eigenvalue weighted by Gasteiger charge is 2.04. The van der Waals surface area contributed by atoms with Crippen molar-refractivity contribution in [3.63, 3.8) is 0 Å². The van der Waals surface area contributed by atoms with Crippen molar-refractivity contribution in [2.45, 2.75) is 19.4 Å². The van der Waals surface area contributed by atoms with Crippen LogP contribution in [-0.2, 0) is 16.1 Å². The van der Waals surface area contributed by atoms with E-state index in [0.717, 1.165) is 0 Å². The largest absolute Gasteiger partial charge is 0.481 e. The number of amides is 1. The van der Waals surface area contributed by atoms with Crippen molar-refractivity contribution in [1.29, 1.82) is 0 Å². The van der Waals surface area contributed by atoms with Crippen LogP contribution >= 0.6 is 0 Å². The lowest BCUT2D eigenvalue weighted by Gasteiger charge is -2.02. The summed E-state index contributed by atoms with van der Waals surface area (Å²) in [7, 11) is 0. The van der Waals surface area contributed by atoms with Crippen molar-refractivity contribution in [2.24, 2.45) is 0 Å². The maximum Gasteiger partial charge on any atom is 0.303 e. The third-order valence-electron chi connectivity index (χ3n) is 1.66. The fourth-order valence-electron chi connectivity index (χ4n) is 0.926. The van der Waals surface area contributed by atoms with Gasteiger partial charge in [-0.25, -0.2) is 0 Å². The number of carboxylic acid groups (broad SMARTS) is 1. The third-order valence-corrected chi connectivity index (χ3v) is 1.66. The zero-order valence-corrected chi connectivity index (χ0v) is 8.01. The first-order valence-electron chi connectivity index (χ1n) is 4.43. The average molecular weight is 209 g/mol. The van der Waals surface area contributed by atoms with Gasteiger partial charge in [0, 0.05) is 12.6 Å². The van der Waals surface area contributed by atoms with Crippen LogP contribution in [-0.4, -0.2) is 27.2 Å². The van der Waals surface area contributed by atoms with Crippen molar-refractivity contribution >= 4 is 11.9 Å². The van der Waals surface area contributed by atoms with Gasteiger partial charge in [0.15, 0.2) is 0 Å². The van der Waals surface area contributed by atoms with E-state index in [1.54, 1.807) is 12.1 Å². The maximum absolute atomic E-state index is 11.1. The van der Waals surface area contributed by atoms with Crippen molar-refractivity contribution in [3.05, 3.63) is 24.0 Å². The molecular weight excluding hydrogens is 198 g/mol. The summed E-state index contributed by atoms with van der Waals surface area (Å²) in [5, 5.41) is 18.3. The summed E-state index contributed by atoms with van der Waals surface area (Å²) in [4.78, 5) is 21.3. The van der Waals surface area contributed by atoms with Crippen LogP contribution in [0.15, 0.2) is 18.3 Å². The summed E-state index contributed by atoms with van der Waals surface area (Å²) in [6.07, 6.45) is 1.36. The first-order chi connectivity index (χ1) is 7.18. The van der Waals surface area contributed by atoms with Crippen LogP contribution in [0.4, 0.5) is 0 Å². The Hall–Kier alpha value is -1.98. The van der Waals surface area contributed by atoms with Crippen molar-refractivity contribution in [1.82, 2.24) is 15.5 Å². The zero-order chi connectivity index (χ0) is 11.1. The van der Waals surface area contributed by atoms with E-state index in [4.69, 9.17) is 5.11 Å². The number of hydrogen-bond acceptors (Lipinski definition) is 4. The summed E-state index contributed by atoms with van der Waals surface area (Å²) in [6, 6.07) is 3.44. The van der Waals surface area contributed by atoms with E-state index in [0.29, 0.717) is 5.69 Å². The molecule has 0 radical (unpaired) electrons. The van der Waals surface area contributed by atoms with Gasteiger partial charge in [-0.1, -0.05) is 0 Å². The molecule has 1 aromatic rings. The van der Waals surface area contributed by atoms with Crippen molar-refractivity contribution in [3.8, 4) is 0 Å². The molecule has 6 heteroatoms. The Kier molecular flexibility index (Phi) is 4.21. The molecule has 0 bridgehead atoms. The predicted octanol–water partition coefficient (Wildman–Crippen LogP) is -0.0424.